The molecule has 0 aromatic carbocycles. The number of hydrogen-bond donors (Lipinski definition) is 2. The SMILES string of the molecule is Cc1csc(C(C)NC(C)CC2CCCN2)n1. The topological polar surface area (TPSA) is 37.0 Å². The maximum atomic E-state index is 4.54. The predicted octanol–water partition coefficient (Wildman–Crippen LogP) is 2.63. The molecule has 1 aromatic rings. The molecule has 1 aromatic heterocycles. The molecule has 1 fully saturated rings. The second kappa shape index (κ2) is 5.94. The van der Waals surface area contributed by atoms with E-state index in [0.717, 1.165) is 5.69 Å². The van der Waals surface area contributed by atoms with Crippen LogP contribution >= 0.6 is 11.3 Å². The zero-order valence-corrected chi connectivity index (χ0v) is 11.8. The summed E-state index contributed by atoms with van der Waals surface area (Å²) in [6.45, 7) is 7.73. The summed E-state index contributed by atoms with van der Waals surface area (Å²) in [7, 11) is 0. The van der Waals surface area contributed by atoms with Gasteiger partial charge >= 0.3 is 0 Å². The third kappa shape index (κ3) is 3.76. The highest BCUT2D eigenvalue weighted by atomic mass is 32.1. The Morgan fingerprint density at radius 3 is 3.00 bits per heavy atom. The van der Waals surface area contributed by atoms with E-state index in [-0.39, 0.29) is 0 Å². The Kier molecular flexibility index (Phi) is 4.54. The third-order valence-electron chi connectivity index (χ3n) is 3.34. The molecular formula is C13H23N3S. The van der Waals surface area contributed by atoms with Crippen LogP contribution in [0, 0.1) is 6.92 Å². The van der Waals surface area contributed by atoms with Crippen LogP contribution in [0.2, 0.25) is 0 Å². The molecule has 0 amide bonds. The van der Waals surface area contributed by atoms with Gasteiger partial charge in [0.1, 0.15) is 5.01 Å². The van der Waals surface area contributed by atoms with E-state index in [1.54, 1.807) is 11.3 Å². The predicted molar refractivity (Wildman–Crippen MR) is 73.5 cm³/mol. The van der Waals surface area contributed by atoms with Crippen LogP contribution in [-0.2, 0) is 0 Å². The Morgan fingerprint density at radius 1 is 1.59 bits per heavy atom. The van der Waals surface area contributed by atoms with Gasteiger partial charge in [0, 0.05) is 23.2 Å². The maximum absolute atomic E-state index is 4.54. The van der Waals surface area contributed by atoms with E-state index in [2.05, 4.69) is 41.8 Å². The van der Waals surface area contributed by atoms with Gasteiger partial charge in [-0.15, -0.1) is 11.3 Å². The van der Waals surface area contributed by atoms with Gasteiger partial charge in [0.05, 0.1) is 6.04 Å². The summed E-state index contributed by atoms with van der Waals surface area (Å²) in [5.41, 5.74) is 1.13. The van der Waals surface area contributed by atoms with Crippen molar-refractivity contribution in [3.05, 3.63) is 16.1 Å². The zero-order chi connectivity index (χ0) is 12.3. The van der Waals surface area contributed by atoms with Crippen molar-refractivity contribution in [1.82, 2.24) is 15.6 Å². The van der Waals surface area contributed by atoms with E-state index in [0.29, 0.717) is 18.1 Å². The van der Waals surface area contributed by atoms with Gasteiger partial charge in [-0.05, 0) is 46.6 Å². The van der Waals surface area contributed by atoms with E-state index >= 15 is 0 Å². The van der Waals surface area contributed by atoms with Crippen LogP contribution in [0.25, 0.3) is 0 Å². The van der Waals surface area contributed by atoms with E-state index in [1.807, 2.05) is 0 Å². The Balaban J connectivity index is 1.79. The first-order valence-corrected chi connectivity index (χ1v) is 7.44. The molecule has 2 rings (SSSR count). The van der Waals surface area contributed by atoms with Gasteiger partial charge < -0.3 is 10.6 Å². The number of rotatable bonds is 5. The van der Waals surface area contributed by atoms with E-state index in [1.165, 1.54) is 30.8 Å². The molecule has 1 aliphatic rings. The van der Waals surface area contributed by atoms with Gasteiger partial charge in [-0.25, -0.2) is 4.98 Å². The minimum Gasteiger partial charge on any atom is -0.314 e. The van der Waals surface area contributed by atoms with Gasteiger partial charge in [-0.2, -0.15) is 0 Å². The van der Waals surface area contributed by atoms with Crippen LogP contribution < -0.4 is 10.6 Å². The Morgan fingerprint density at radius 2 is 2.41 bits per heavy atom. The second-order valence-corrected chi connectivity index (χ2v) is 6.04. The highest BCUT2D eigenvalue weighted by Crippen LogP contribution is 2.19. The summed E-state index contributed by atoms with van der Waals surface area (Å²) in [5, 5.41) is 10.5. The molecule has 0 aliphatic carbocycles. The van der Waals surface area contributed by atoms with Gasteiger partial charge in [-0.1, -0.05) is 0 Å². The van der Waals surface area contributed by atoms with E-state index < -0.39 is 0 Å². The average molecular weight is 253 g/mol. The third-order valence-corrected chi connectivity index (χ3v) is 4.49. The molecule has 17 heavy (non-hydrogen) atoms. The molecule has 2 heterocycles. The van der Waals surface area contributed by atoms with Crippen molar-refractivity contribution in [2.75, 3.05) is 6.54 Å². The van der Waals surface area contributed by atoms with Crippen LogP contribution in [0.1, 0.15) is 49.9 Å². The minimum absolute atomic E-state index is 0.366. The van der Waals surface area contributed by atoms with Gasteiger partial charge in [0.25, 0.3) is 0 Å². The largest absolute Gasteiger partial charge is 0.314 e. The van der Waals surface area contributed by atoms with Crippen molar-refractivity contribution in [3.8, 4) is 0 Å². The number of nitrogens with zero attached hydrogens (tertiary/aromatic N) is 1. The Labute approximate surface area is 108 Å². The number of thiazole rings is 1. The summed E-state index contributed by atoms with van der Waals surface area (Å²) in [6.07, 6.45) is 3.88. The molecule has 96 valence electrons. The fourth-order valence-corrected chi connectivity index (χ4v) is 3.33. The Hall–Kier alpha value is -0.450. The lowest BCUT2D eigenvalue weighted by atomic mass is 10.1. The molecule has 0 radical (unpaired) electrons. The normalized spacial score (nSPS) is 23.8. The van der Waals surface area contributed by atoms with Crippen molar-refractivity contribution >= 4 is 11.3 Å². The summed E-state index contributed by atoms with van der Waals surface area (Å²) in [5.74, 6) is 0. The van der Waals surface area contributed by atoms with Crippen LogP contribution in [0.15, 0.2) is 5.38 Å². The number of aromatic nitrogens is 1. The van der Waals surface area contributed by atoms with Crippen LogP contribution in [0.3, 0.4) is 0 Å². The highest BCUT2D eigenvalue weighted by molar-refractivity contribution is 7.09. The molecule has 0 bridgehead atoms. The lowest BCUT2D eigenvalue weighted by Crippen LogP contribution is -2.35. The van der Waals surface area contributed by atoms with Crippen LogP contribution in [0.5, 0.6) is 0 Å². The van der Waals surface area contributed by atoms with Crippen LogP contribution in [0.4, 0.5) is 0 Å². The van der Waals surface area contributed by atoms with Gasteiger partial charge in [0.15, 0.2) is 0 Å². The molecular weight excluding hydrogens is 230 g/mol. The molecule has 1 aliphatic heterocycles. The van der Waals surface area contributed by atoms with Crippen molar-refractivity contribution in [3.63, 3.8) is 0 Å². The monoisotopic (exact) mass is 253 g/mol. The molecule has 3 unspecified atom stereocenters. The minimum atomic E-state index is 0.366. The highest BCUT2D eigenvalue weighted by Gasteiger charge is 2.19. The Bertz CT molecular complexity index is 344. The number of nitrogens with one attached hydrogen (secondary N) is 2. The van der Waals surface area contributed by atoms with Crippen molar-refractivity contribution in [2.45, 2.75) is 58.2 Å². The summed E-state index contributed by atoms with van der Waals surface area (Å²) in [4.78, 5) is 4.54. The summed E-state index contributed by atoms with van der Waals surface area (Å²) >= 11 is 1.75. The fourth-order valence-electron chi connectivity index (χ4n) is 2.52. The van der Waals surface area contributed by atoms with Crippen LogP contribution in [-0.4, -0.2) is 23.6 Å². The smallest absolute Gasteiger partial charge is 0.110 e. The fraction of sp³-hybridized carbons (Fsp3) is 0.769. The van der Waals surface area contributed by atoms with E-state index in [9.17, 15) is 0 Å². The first-order chi connectivity index (χ1) is 8.15. The standard InChI is InChI=1S/C13H23N3S/c1-9(7-12-5-4-6-14-12)15-11(3)13-16-10(2)8-17-13/h8-9,11-12,14-15H,4-7H2,1-3H3. The second-order valence-electron chi connectivity index (χ2n) is 5.15. The summed E-state index contributed by atoms with van der Waals surface area (Å²) in [6, 6.07) is 1.62. The first-order valence-electron chi connectivity index (χ1n) is 6.56. The quantitative estimate of drug-likeness (QED) is 0.847. The number of aryl methyl sites for hydroxylation is 1. The first kappa shape index (κ1) is 13.0. The number of hydrogen-bond acceptors (Lipinski definition) is 4. The molecule has 4 heteroatoms. The lowest BCUT2D eigenvalue weighted by molar-refractivity contribution is 0.407. The zero-order valence-electron chi connectivity index (χ0n) is 11.0. The summed E-state index contributed by atoms with van der Waals surface area (Å²) < 4.78 is 0. The molecule has 2 N–H and O–H groups in total. The molecule has 0 spiro atoms. The maximum Gasteiger partial charge on any atom is 0.110 e. The molecule has 3 nitrogen and oxygen atoms in total. The molecule has 3 atom stereocenters. The van der Waals surface area contributed by atoms with Crippen molar-refractivity contribution in [1.29, 1.82) is 0 Å². The average Bonchev–Trinajstić information content (AvgIpc) is 2.89. The van der Waals surface area contributed by atoms with Gasteiger partial charge in [-0.3, -0.25) is 0 Å². The van der Waals surface area contributed by atoms with E-state index in [4.69, 9.17) is 0 Å². The van der Waals surface area contributed by atoms with Crippen molar-refractivity contribution < 1.29 is 0 Å². The molecule has 0 saturated carbocycles. The van der Waals surface area contributed by atoms with Crippen molar-refractivity contribution in [2.24, 2.45) is 0 Å². The lowest BCUT2D eigenvalue weighted by Gasteiger charge is -2.21. The van der Waals surface area contributed by atoms with Gasteiger partial charge in [0.2, 0.25) is 0 Å². The molecule has 1 saturated heterocycles.